The normalized spacial score (nSPS) is 14.0. The summed E-state index contributed by atoms with van der Waals surface area (Å²) < 4.78 is 13.0. The maximum atomic E-state index is 13.0. The first-order valence-corrected chi connectivity index (χ1v) is 7.67. The fraction of sp³-hybridized carbons (Fsp3) is 0.333. The number of hydrogen-bond acceptors (Lipinski definition) is 4. The van der Waals surface area contributed by atoms with E-state index in [0.717, 1.165) is 16.7 Å². The molecule has 6 heteroatoms. The van der Waals surface area contributed by atoms with Gasteiger partial charge in [0, 0.05) is 18.8 Å². The third kappa shape index (κ3) is 6.44. The molecule has 0 saturated carbocycles. The third-order valence-electron chi connectivity index (χ3n) is 3.40. The Balaban J connectivity index is 2.68. The molecular formula is C18H24FN3O2. The highest BCUT2D eigenvalue weighted by atomic mass is 19.1. The molecule has 0 aromatic heterocycles. The highest BCUT2D eigenvalue weighted by Crippen LogP contribution is 2.14. The molecule has 1 rings (SSSR count). The Bertz CT molecular complexity index is 597. The predicted octanol–water partition coefficient (Wildman–Crippen LogP) is 1.62. The summed E-state index contributed by atoms with van der Waals surface area (Å²) in [5.41, 5.74) is 7.66. The van der Waals surface area contributed by atoms with Crippen molar-refractivity contribution < 1.29 is 14.3 Å². The monoisotopic (exact) mass is 333 g/mol. The molecule has 0 spiro atoms. The molecule has 0 aliphatic carbocycles. The fourth-order valence-corrected chi connectivity index (χ4v) is 2.04. The van der Waals surface area contributed by atoms with Crippen LogP contribution in [0.3, 0.4) is 0 Å². The summed E-state index contributed by atoms with van der Waals surface area (Å²) in [7, 11) is 0. The van der Waals surface area contributed by atoms with Gasteiger partial charge in [-0.1, -0.05) is 36.9 Å². The Hall–Kier alpha value is -2.31. The first-order valence-electron chi connectivity index (χ1n) is 7.67. The number of carbonyl (C=O) groups is 1. The van der Waals surface area contributed by atoms with Crippen molar-refractivity contribution in [2.75, 3.05) is 13.2 Å². The smallest absolute Gasteiger partial charge is 0.234 e. The number of halogens is 1. The van der Waals surface area contributed by atoms with Gasteiger partial charge in [0.2, 0.25) is 5.91 Å². The summed E-state index contributed by atoms with van der Waals surface area (Å²) in [6.07, 6.45) is 4.34. The minimum Gasteiger partial charge on any atom is -0.391 e. The van der Waals surface area contributed by atoms with Gasteiger partial charge >= 0.3 is 0 Å². The topological polar surface area (TPSA) is 87.7 Å². The average molecular weight is 333 g/mol. The third-order valence-corrected chi connectivity index (χ3v) is 3.40. The Morgan fingerprint density at radius 1 is 1.46 bits per heavy atom. The number of carbonyl (C=O) groups excluding carboxylic acids is 1. The summed E-state index contributed by atoms with van der Waals surface area (Å²) in [6.45, 7) is 4.71. The van der Waals surface area contributed by atoms with Gasteiger partial charge in [0.25, 0.3) is 0 Å². The van der Waals surface area contributed by atoms with Crippen molar-refractivity contribution in [1.29, 1.82) is 0 Å². The molecule has 0 saturated heterocycles. The quantitative estimate of drug-likeness (QED) is 0.600. The maximum absolute atomic E-state index is 13.0. The van der Waals surface area contributed by atoms with Gasteiger partial charge in [-0.05, 0) is 23.6 Å². The van der Waals surface area contributed by atoms with E-state index in [0.29, 0.717) is 0 Å². The Morgan fingerprint density at radius 3 is 2.67 bits per heavy atom. The first-order chi connectivity index (χ1) is 11.5. The number of benzene rings is 1. The van der Waals surface area contributed by atoms with Crippen LogP contribution in [0.4, 0.5) is 4.39 Å². The fourth-order valence-electron chi connectivity index (χ4n) is 2.04. The van der Waals surface area contributed by atoms with Gasteiger partial charge in [0.05, 0.1) is 18.7 Å². The molecular weight excluding hydrogens is 309 g/mol. The van der Waals surface area contributed by atoms with Crippen LogP contribution in [0.25, 0.3) is 5.57 Å². The molecule has 24 heavy (non-hydrogen) atoms. The summed E-state index contributed by atoms with van der Waals surface area (Å²) in [6, 6.07) is 6.40. The van der Waals surface area contributed by atoms with E-state index >= 15 is 0 Å². The molecule has 1 amide bonds. The number of nitrogens with two attached hydrogens (primary N) is 1. The van der Waals surface area contributed by atoms with Gasteiger partial charge in [-0.3, -0.25) is 9.79 Å². The van der Waals surface area contributed by atoms with Crippen molar-refractivity contribution >= 4 is 17.7 Å². The SMILES string of the molecule is C=C(C=N/C=C\C)c1ccc(CC(O)C(CF)NC(=O)CN)cc1. The number of rotatable bonds is 9. The molecule has 0 aliphatic heterocycles. The number of aliphatic hydroxyl groups is 1. The van der Waals surface area contributed by atoms with Crippen molar-refractivity contribution in [2.24, 2.45) is 10.7 Å². The van der Waals surface area contributed by atoms with Crippen molar-refractivity contribution in [3.05, 3.63) is 54.2 Å². The largest absolute Gasteiger partial charge is 0.391 e. The molecule has 0 radical (unpaired) electrons. The van der Waals surface area contributed by atoms with Crippen LogP contribution in [0.1, 0.15) is 18.1 Å². The number of aliphatic imine (C=N–C) groups is 1. The van der Waals surface area contributed by atoms with Crippen LogP contribution < -0.4 is 11.1 Å². The van der Waals surface area contributed by atoms with E-state index in [1.807, 2.05) is 37.3 Å². The molecule has 2 atom stereocenters. The van der Waals surface area contributed by atoms with Crippen LogP contribution in [0.15, 0.2) is 48.1 Å². The first kappa shape index (κ1) is 19.7. The van der Waals surface area contributed by atoms with E-state index in [1.165, 1.54) is 0 Å². The zero-order valence-electron chi connectivity index (χ0n) is 13.8. The van der Waals surface area contributed by atoms with Crippen LogP contribution in [-0.2, 0) is 11.2 Å². The summed E-state index contributed by atoms with van der Waals surface area (Å²) in [5.74, 6) is -0.497. The maximum Gasteiger partial charge on any atom is 0.234 e. The Kier molecular flexibility index (Phi) is 8.60. The molecule has 0 fully saturated rings. The van der Waals surface area contributed by atoms with E-state index in [1.54, 1.807) is 12.4 Å². The van der Waals surface area contributed by atoms with Gasteiger partial charge in [0.15, 0.2) is 0 Å². The minimum absolute atomic E-state index is 0.221. The van der Waals surface area contributed by atoms with Crippen LogP contribution in [0.5, 0.6) is 0 Å². The lowest BCUT2D eigenvalue weighted by Crippen LogP contribution is -2.47. The summed E-state index contributed by atoms with van der Waals surface area (Å²) in [5, 5.41) is 12.5. The lowest BCUT2D eigenvalue weighted by molar-refractivity contribution is -0.121. The molecule has 0 aliphatic rings. The van der Waals surface area contributed by atoms with Crippen LogP contribution >= 0.6 is 0 Å². The van der Waals surface area contributed by atoms with Crippen molar-refractivity contribution in [3.63, 3.8) is 0 Å². The van der Waals surface area contributed by atoms with Gasteiger partial charge < -0.3 is 16.2 Å². The standard InChI is InChI=1S/C18H24FN3O2/c1-3-8-21-12-13(2)15-6-4-14(5-7-15)9-17(23)16(10-19)22-18(24)11-20/h3-8,12,16-17,23H,2,9-11,20H2,1H3,(H,22,24)/b8-3-,21-12?. The second-order valence-electron chi connectivity index (χ2n) is 5.29. The molecule has 0 heterocycles. The Labute approximate surface area is 141 Å². The lowest BCUT2D eigenvalue weighted by atomic mass is 10.00. The number of nitrogens with one attached hydrogen (secondary N) is 1. The van der Waals surface area contributed by atoms with Gasteiger partial charge in [-0.15, -0.1) is 0 Å². The highest BCUT2D eigenvalue weighted by molar-refractivity contribution is 6.08. The number of aliphatic hydroxyl groups excluding tert-OH is 1. The Morgan fingerprint density at radius 2 is 2.12 bits per heavy atom. The average Bonchev–Trinajstić information content (AvgIpc) is 2.59. The number of nitrogens with zero attached hydrogens (tertiary/aromatic N) is 1. The van der Waals surface area contributed by atoms with Gasteiger partial charge in [-0.2, -0.15) is 0 Å². The number of alkyl halides is 1. The molecule has 5 nitrogen and oxygen atoms in total. The van der Waals surface area contributed by atoms with E-state index < -0.39 is 24.7 Å². The van der Waals surface area contributed by atoms with Crippen molar-refractivity contribution in [3.8, 4) is 0 Å². The van der Waals surface area contributed by atoms with Crippen LogP contribution in [0, 0.1) is 0 Å². The van der Waals surface area contributed by atoms with Gasteiger partial charge in [-0.25, -0.2) is 4.39 Å². The zero-order valence-corrected chi connectivity index (χ0v) is 13.8. The second kappa shape index (κ2) is 10.5. The zero-order chi connectivity index (χ0) is 17.9. The molecule has 1 aromatic carbocycles. The lowest BCUT2D eigenvalue weighted by Gasteiger charge is -2.21. The molecule has 130 valence electrons. The van der Waals surface area contributed by atoms with Crippen LogP contribution in [-0.4, -0.2) is 42.6 Å². The molecule has 1 aromatic rings. The second-order valence-corrected chi connectivity index (χ2v) is 5.29. The summed E-state index contributed by atoms with van der Waals surface area (Å²) >= 11 is 0. The molecule has 4 N–H and O–H groups in total. The number of hydrogen-bond donors (Lipinski definition) is 3. The van der Waals surface area contributed by atoms with Crippen molar-refractivity contribution in [2.45, 2.75) is 25.5 Å². The minimum atomic E-state index is -1.03. The van der Waals surface area contributed by atoms with Crippen molar-refractivity contribution in [1.82, 2.24) is 5.32 Å². The van der Waals surface area contributed by atoms with Gasteiger partial charge in [0.1, 0.15) is 6.67 Å². The van der Waals surface area contributed by atoms with E-state index in [-0.39, 0.29) is 13.0 Å². The van der Waals surface area contributed by atoms with E-state index in [4.69, 9.17) is 5.73 Å². The number of allylic oxidation sites excluding steroid dienone is 2. The predicted molar refractivity (Wildman–Crippen MR) is 95.5 cm³/mol. The number of amides is 1. The van der Waals surface area contributed by atoms with E-state index in [2.05, 4.69) is 16.9 Å². The molecule has 2 unspecified atom stereocenters. The van der Waals surface area contributed by atoms with Crippen LogP contribution in [0.2, 0.25) is 0 Å². The molecule has 0 bridgehead atoms. The highest BCUT2D eigenvalue weighted by Gasteiger charge is 2.21. The summed E-state index contributed by atoms with van der Waals surface area (Å²) in [4.78, 5) is 15.3. The van der Waals surface area contributed by atoms with E-state index in [9.17, 15) is 14.3 Å².